The van der Waals surface area contributed by atoms with E-state index in [0.29, 0.717) is 12.2 Å². The SMILES string of the molecule is CCN(C(=O)[C@H](C)OC(=O)c1ccc(Cl)c(S(N)(=O)=O)c1)c1ccccc1. The molecule has 0 saturated heterocycles. The fourth-order valence-electron chi connectivity index (χ4n) is 2.42. The van der Waals surface area contributed by atoms with Gasteiger partial charge in [-0.25, -0.2) is 18.4 Å². The van der Waals surface area contributed by atoms with Gasteiger partial charge in [-0.05, 0) is 44.2 Å². The summed E-state index contributed by atoms with van der Waals surface area (Å²) in [4.78, 5) is 26.0. The third-order valence-corrected chi connectivity index (χ3v) is 5.15. The number of carbonyl (C=O) groups is 2. The molecule has 2 rings (SSSR count). The maximum absolute atomic E-state index is 12.6. The number of esters is 1. The van der Waals surface area contributed by atoms with Gasteiger partial charge >= 0.3 is 5.97 Å². The van der Waals surface area contributed by atoms with Crippen LogP contribution >= 0.6 is 11.6 Å². The Kier molecular flexibility index (Phi) is 6.59. The van der Waals surface area contributed by atoms with Gasteiger partial charge in [-0.1, -0.05) is 29.8 Å². The molecule has 0 aliphatic carbocycles. The quantitative estimate of drug-likeness (QED) is 0.736. The molecular formula is C18H19ClN2O5S. The fourth-order valence-corrected chi connectivity index (χ4v) is 3.49. The summed E-state index contributed by atoms with van der Waals surface area (Å²) >= 11 is 5.80. The molecule has 7 nitrogen and oxygen atoms in total. The predicted molar refractivity (Wildman–Crippen MR) is 102 cm³/mol. The van der Waals surface area contributed by atoms with Crippen LogP contribution in [0.4, 0.5) is 5.69 Å². The summed E-state index contributed by atoms with van der Waals surface area (Å²) in [5.74, 6) is -1.26. The number of amides is 1. The number of benzene rings is 2. The van der Waals surface area contributed by atoms with E-state index in [1.54, 1.807) is 31.2 Å². The van der Waals surface area contributed by atoms with E-state index in [4.69, 9.17) is 21.5 Å². The van der Waals surface area contributed by atoms with Crippen molar-refractivity contribution in [1.82, 2.24) is 0 Å². The molecule has 0 heterocycles. The molecule has 0 fully saturated rings. The van der Waals surface area contributed by atoms with E-state index in [9.17, 15) is 18.0 Å². The molecule has 2 aromatic rings. The number of nitrogens with two attached hydrogens (primary N) is 1. The molecular weight excluding hydrogens is 392 g/mol. The average Bonchev–Trinajstić information content (AvgIpc) is 2.62. The highest BCUT2D eigenvalue weighted by atomic mass is 35.5. The van der Waals surface area contributed by atoms with Crippen molar-refractivity contribution >= 4 is 39.2 Å². The Bertz CT molecular complexity index is 947. The Morgan fingerprint density at radius 1 is 1.19 bits per heavy atom. The van der Waals surface area contributed by atoms with Crippen molar-refractivity contribution in [2.24, 2.45) is 5.14 Å². The number of hydrogen-bond acceptors (Lipinski definition) is 5. The highest BCUT2D eigenvalue weighted by Gasteiger charge is 2.25. The number of rotatable bonds is 6. The molecule has 0 aliphatic rings. The summed E-state index contributed by atoms with van der Waals surface area (Å²) in [5.41, 5.74) is 0.599. The standard InChI is InChI=1S/C18H19ClN2O5S/c1-3-21(14-7-5-4-6-8-14)17(22)12(2)26-18(23)13-9-10-15(19)16(11-13)27(20,24)25/h4-12H,3H2,1-2H3,(H2,20,24,25)/t12-/m0/s1. The van der Waals surface area contributed by atoms with Gasteiger partial charge in [0.1, 0.15) is 4.90 Å². The number of anilines is 1. The van der Waals surface area contributed by atoms with Crippen LogP contribution in [0.2, 0.25) is 5.02 Å². The maximum atomic E-state index is 12.6. The molecule has 0 spiro atoms. The minimum absolute atomic E-state index is 0.0779. The van der Waals surface area contributed by atoms with Crippen LogP contribution < -0.4 is 10.0 Å². The van der Waals surface area contributed by atoms with Gasteiger partial charge in [-0.15, -0.1) is 0 Å². The summed E-state index contributed by atoms with van der Waals surface area (Å²) in [5, 5.41) is 4.96. The zero-order chi connectivity index (χ0) is 20.2. The van der Waals surface area contributed by atoms with Crippen LogP contribution in [0.5, 0.6) is 0 Å². The number of ether oxygens (including phenoxy) is 1. The number of carbonyl (C=O) groups excluding carboxylic acids is 2. The third-order valence-electron chi connectivity index (χ3n) is 3.76. The van der Waals surface area contributed by atoms with E-state index in [2.05, 4.69) is 0 Å². The topological polar surface area (TPSA) is 107 Å². The first kappa shape index (κ1) is 20.9. The van der Waals surface area contributed by atoms with Crippen molar-refractivity contribution < 1.29 is 22.7 Å². The number of likely N-dealkylation sites (N-methyl/N-ethyl adjacent to an activating group) is 1. The van der Waals surface area contributed by atoms with E-state index in [-0.39, 0.29) is 10.6 Å². The lowest BCUT2D eigenvalue weighted by Gasteiger charge is -2.24. The molecule has 27 heavy (non-hydrogen) atoms. The molecule has 0 bridgehead atoms. The van der Waals surface area contributed by atoms with Crippen LogP contribution in [-0.2, 0) is 19.6 Å². The molecule has 2 N–H and O–H groups in total. The number of sulfonamides is 1. The van der Waals surface area contributed by atoms with Gasteiger partial charge < -0.3 is 9.64 Å². The third kappa shape index (κ3) is 5.06. The molecule has 0 aromatic heterocycles. The molecule has 1 atom stereocenters. The Hall–Kier alpha value is -2.42. The van der Waals surface area contributed by atoms with Gasteiger partial charge in [-0.3, -0.25) is 4.79 Å². The summed E-state index contributed by atoms with van der Waals surface area (Å²) < 4.78 is 28.3. The van der Waals surface area contributed by atoms with Crippen molar-refractivity contribution in [2.75, 3.05) is 11.4 Å². The van der Waals surface area contributed by atoms with Crippen LogP contribution in [0.25, 0.3) is 0 Å². The van der Waals surface area contributed by atoms with E-state index < -0.39 is 32.9 Å². The van der Waals surface area contributed by atoms with Crippen molar-refractivity contribution in [3.8, 4) is 0 Å². The fraction of sp³-hybridized carbons (Fsp3) is 0.222. The van der Waals surface area contributed by atoms with Gasteiger partial charge in [0, 0.05) is 12.2 Å². The molecule has 1 amide bonds. The van der Waals surface area contributed by atoms with Crippen LogP contribution in [0.3, 0.4) is 0 Å². The zero-order valence-electron chi connectivity index (χ0n) is 14.8. The van der Waals surface area contributed by atoms with Crippen LogP contribution in [-0.4, -0.2) is 32.9 Å². The van der Waals surface area contributed by atoms with Gasteiger partial charge in [0.05, 0.1) is 10.6 Å². The second-order valence-electron chi connectivity index (χ2n) is 5.66. The Balaban J connectivity index is 2.19. The lowest BCUT2D eigenvalue weighted by Crippen LogP contribution is -2.40. The number of nitrogens with zero attached hydrogens (tertiary/aromatic N) is 1. The molecule has 0 unspecified atom stereocenters. The minimum Gasteiger partial charge on any atom is -0.449 e. The van der Waals surface area contributed by atoms with Gasteiger partial charge in [-0.2, -0.15) is 0 Å². The smallest absolute Gasteiger partial charge is 0.338 e. The van der Waals surface area contributed by atoms with Crippen molar-refractivity contribution in [1.29, 1.82) is 0 Å². The maximum Gasteiger partial charge on any atom is 0.338 e. The second-order valence-corrected chi connectivity index (χ2v) is 7.59. The first-order valence-corrected chi connectivity index (χ1v) is 9.97. The molecule has 0 aliphatic heterocycles. The van der Waals surface area contributed by atoms with E-state index in [0.717, 1.165) is 6.07 Å². The van der Waals surface area contributed by atoms with Gasteiger partial charge in [0.15, 0.2) is 6.10 Å². The summed E-state index contributed by atoms with van der Waals surface area (Å²) in [6.45, 7) is 3.64. The number of para-hydroxylation sites is 1. The molecule has 9 heteroatoms. The number of primary sulfonamides is 1. The normalized spacial score (nSPS) is 12.3. The van der Waals surface area contributed by atoms with Crippen LogP contribution in [0, 0.1) is 0 Å². The van der Waals surface area contributed by atoms with Gasteiger partial charge in [0.25, 0.3) is 5.91 Å². The Morgan fingerprint density at radius 3 is 2.37 bits per heavy atom. The monoisotopic (exact) mass is 410 g/mol. The minimum atomic E-state index is -4.10. The van der Waals surface area contributed by atoms with Crippen molar-refractivity contribution in [3.63, 3.8) is 0 Å². The van der Waals surface area contributed by atoms with Crippen LogP contribution in [0.15, 0.2) is 53.4 Å². The Labute approximate surface area is 162 Å². The molecule has 144 valence electrons. The molecule has 0 saturated carbocycles. The van der Waals surface area contributed by atoms with E-state index >= 15 is 0 Å². The highest BCUT2D eigenvalue weighted by Crippen LogP contribution is 2.22. The second kappa shape index (κ2) is 8.51. The van der Waals surface area contributed by atoms with E-state index in [1.807, 2.05) is 6.07 Å². The summed E-state index contributed by atoms with van der Waals surface area (Å²) in [6.07, 6.45) is -1.08. The van der Waals surface area contributed by atoms with Crippen molar-refractivity contribution in [3.05, 3.63) is 59.1 Å². The largest absolute Gasteiger partial charge is 0.449 e. The molecule has 0 radical (unpaired) electrons. The lowest BCUT2D eigenvalue weighted by atomic mass is 10.2. The highest BCUT2D eigenvalue weighted by molar-refractivity contribution is 7.89. The summed E-state index contributed by atoms with van der Waals surface area (Å²) in [7, 11) is -4.10. The zero-order valence-corrected chi connectivity index (χ0v) is 16.3. The molecule has 2 aromatic carbocycles. The predicted octanol–water partition coefficient (Wildman–Crippen LogP) is 2.59. The Morgan fingerprint density at radius 2 is 1.81 bits per heavy atom. The first-order valence-electron chi connectivity index (χ1n) is 8.05. The number of hydrogen-bond donors (Lipinski definition) is 1. The summed E-state index contributed by atoms with van der Waals surface area (Å²) in [6, 6.07) is 12.5. The van der Waals surface area contributed by atoms with E-state index in [1.165, 1.54) is 24.0 Å². The number of halogens is 1. The van der Waals surface area contributed by atoms with Crippen molar-refractivity contribution in [2.45, 2.75) is 24.8 Å². The van der Waals surface area contributed by atoms with Gasteiger partial charge in [0.2, 0.25) is 10.0 Å². The average molecular weight is 411 g/mol. The first-order chi connectivity index (χ1) is 12.6. The van der Waals surface area contributed by atoms with Crippen LogP contribution in [0.1, 0.15) is 24.2 Å². The lowest BCUT2D eigenvalue weighted by molar-refractivity contribution is -0.126.